The van der Waals surface area contributed by atoms with Crippen LogP contribution in [-0.4, -0.2) is 31.2 Å². The standard InChI is InChI=1S/C5H3F9O/c1-15-3(8,5(12,13)14)2(6,7)4(9,10)11/h1H3. The second kappa shape index (κ2) is 3.42. The zero-order chi connectivity index (χ0) is 12.7. The third-order valence-electron chi connectivity index (χ3n) is 1.41. The summed E-state index contributed by atoms with van der Waals surface area (Å²) in [5.41, 5.74) is 0. The lowest BCUT2D eigenvalue weighted by atomic mass is 10.1. The SMILES string of the molecule is COC(F)(C(F)(F)F)C(F)(F)C(F)(F)F. The molecule has 1 nitrogen and oxygen atoms in total. The van der Waals surface area contributed by atoms with Crippen LogP contribution < -0.4 is 0 Å². The Morgan fingerprint density at radius 2 is 1.00 bits per heavy atom. The molecule has 1 unspecified atom stereocenters. The Labute approximate surface area is 76.8 Å². The molecule has 0 aliphatic carbocycles. The lowest BCUT2D eigenvalue weighted by Crippen LogP contribution is -2.63. The van der Waals surface area contributed by atoms with Crippen LogP contribution in [0.1, 0.15) is 0 Å². The highest BCUT2D eigenvalue weighted by atomic mass is 19.4. The molecule has 15 heavy (non-hydrogen) atoms. The van der Waals surface area contributed by atoms with Gasteiger partial charge in [0.05, 0.1) is 0 Å². The fraction of sp³-hybridized carbons (Fsp3) is 1.00. The van der Waals surface area contributed by atoms with Gasteiger partial charge >= 0.3 is 24.1 Å². The van der Waals surface area contributed by atoms with E-state index in [1.807, 2.05) is 0 Å². The number of hydrogen-bond acceptors (Lipinski definition) is 1. The van der Waals surface area contributed by atoms with Crippen LogP contribution in [0.2, 0.25) is 0 Å². The van der Waals surface area contributed by atoms with Crippen molar-refractivity contribution in [3.05, 3.63) is 0 Å². The van der Waals surface area contributed by atoms with Crippen LogP contribution in [0.4, 0.5) is 39.5 Å². The van der Waals surface area contributed by atoms with Gasteiger partial charge in [0.25, 0.3) is 0 Å². The van der Waals surface area contributed by atoms with E-state index in [9.17, 15) is 39.5 Å². The highest BCUT2D eigenvalue weighted by Crippen LogP contribution is 2.52. The quantitative estimate of drug-likeness (QED) is 0.684. The predicted octanol–water partition coefficient (Wildman–Crippen LogP) is 3.06. The summed E-state index contributed by atoms with van der Waals surface area (Å²) in [5.74, 6) is -12.8. The maximum Gasteiger partial charge on any atom is 0.459 e. The van der Waals surface area contributed by atoms with Crippen LogP contribution in [0.15, 0.2) is 0 Å². The van der Waals surface area contributed by atoms with Crippen molar-refractivity contribution >= 4 is 0 Å². The zero-order valence-corrected chi connectivity index (χ0v) is 6.81. The molecule has 0 saturated carbocycles. The van der Waals surface area contributed by atoms with Gasteiger partial charge in [-0.25, -0.2) is 0 Å². The Hall–Kier alpha value is -0.670. The van der Waals surface area contributed by atoms with E-state index in [0.717, 1.165) is 0 Å². The number of rotatable bonds is 2. The second-order valence-corrected chi connectivity index (χ2v) is 2.37. The molecule has 0 radical (unpaired) electrons. The maximum absolute atomic E-state index is 12.5. The normalized spacial score (nSPS) is 18.8. The molecule has 0 fully saturated rings. The first kappa shape index (κ1) is 14.3. The number of ether oxygens (including phenoxy) is 1. The molecule has 0 amide bonds. The molecule has 0 rings (SSSR count). The van der Waals surface area contributed by atoms with Gasteiger partial charge in [-0.15, -0.1) is 0 Å². The van der Waals surface area contributed by atoms with Crippen molar-refractivity contribution in [1.82, 2.24) is 0 Å². The third kappa shape index (κ3) is 1.99. The van der Waals surface area contributed by atoms with E-state index in [2.05, 4.69) is 4.74 Å². The first-order chi connectivity index (χ1) is 6.31. The molecule has 92 valence electrons. The van der Waals surface area contributed by atoms with E-state index in [0.29, 0.717) is 0 Å². The first-order valence-electron chi connectivity index (χ1n) is 3.06. The molecule has 0 heterocycles. The molecule has 10 heteroatoms. The van der Waals surface area contributed by atoms with Gasteiger partial charge in [0, 0.05) is 7.11 Å². The van der Waals surface area contributed by atoms with Crippen molar-refractivity contribution in [1.29, 1.82) is 0 Å². The average molecular weight is 250 g/mol. The fourth-order valence-corrected chi connectivity index (χ4v) is 0.604. The van der Waals surface area contributed by atoms with Crippen LogP contribution in [-0.2, 0) is 4.74 Å². The summed E-state index contributed by atoms with van der Waals surface area (Å²) < 4.78 is 109. The van der Waals surface area contributed by atoms with Crippen LogP contribution in [0.25, 0.3) is 0 Å². The van der Waals surface area contributed by atoms with E-state index < -0.39 is 24.1 Å². The lowest BCUT2D eigenvalue weighted by molar-refractivity contribution is -0.446. The molecule has 0 spiro atoms. The summed E-state index contributed by atoms with van der Waals surface area (Å²) in [7, 11) is -0.243. The Morgan fingerprint density at radius 1 is 0.667 bits per heavy atom. The smallest absolute Gasteiger partial charge is 0.337 e. The predicted molar refractivity (Wildman–Crippen MR) is 27.9 cm³/mol. The lowest BCUT2D eigenvalue weighted by Gasteiger charge is -2.33. The highest BCUT2D eigenvalue weighted by Gasteiger charge is 2.82. The summed E-state index contributed by atoms with van der Waals surface area (Å²) in [6.07, 6.45) is -13.2. The number of hydrogen-bond donors (Lipinski definition) is 0. The highest BCUT2D eigenvalue weighted by molar-refractivity contribution is 4.96. The van der Waals surface area contributed by atoms with E-state index in [-0.39, 0.29) is 7.11 Å². The minimum absolute atomic E-state index is 0.243. The molecule has 0 saturated heterocycles. The van der Waals surface area contributed by atoms with Crippen LogP contribution in [0.3, 0.4) is 0 Å². The van der Waals surface area contributed by atoms with Gasteiger partial charge in [-0.3, -0.25) is 0 Å². The van der Waals surface area contributed by atoms with Gasteiger partial charge in [-0.05, 0) is 0 Å². The molecule has 0 aromatic heterocycles. The van der Waals surface area contributed by atoms with Gasteiger partial charge in [0.2, 0.25) is 0 Å². The second-order valence-electron chi connectivity index (χ2n) is 2.37. The van der Waals surface area contributed by atoms with Gasteiger partial charge in [0.1, 0.15) is 0 Å². The molecular weight excluding hydrogens is 247 g/mol. The van der Waals surface area contributed by atoms with Crippen molar-refractivity contribution in [2.45, 2.75) is 24.1 Å². The van der Waals surface area contributed by atoms with Gasteiger partial charge in [-0.1, -0.05) is 0 Å². The summed E-state index contributed by atoms with van der Waals surface area (Å²) >= 11 is 0. The van der Waals surface area contributed by atoms with E-state index in [4.69, 9.17) is 0 Å². The Balaban J connectivity index is 5.50. The third-order valence-corrected chi connectivity index (χ3v) is 1.41. The molecule has 1 atom stereocenters. The number of alkyl halides is 9. The molecule has 0 aliphatic heterocycles. The first-order valence-corrected chi connectivity index (χ1v) is 3.06. The van der Waals surface area contributed by atoms with Crippen molar-refractivity contribution in [2.24, 2.45) is 0 Å². The molecule has 0 aromatic carbocycles. The Morgan fingerprint density at radius 3 is 1.07 bits per heavy atom. The summed E-state index contributed by atoms with van der Waals surface area (Å²) in [6.45, 7) is 0. The van der Waals surface area contributed by atoms with Crippen molar-refractivity contribution in [2.75, 3.05) is 7.11 Å². The molecule has 0 N–H and O–H groups in total. The van der Waals surface area contributed by atoms with Crippen LogP contribution in [0, 0.1) is 0 Å². The number of methoxy groups -OCH3 is 1. The van der Waals surface area contributed by atoms with Crippen LogP contribution >= 0.6 is 0 Å². The van der Waals surface area contributed by atoms with Gasteiger partial charge in [-0.2, -0.15) is 39.5 Å². The molecule has 0 aliphatic rings. The van der Waals surface area contributed by atoms with Crippen molar-refractivity contribution in [3.63, 3.8) is 0 Å². The van der Waals surface area contributed by atoms with Crippen molar-refractivity contribution < 1.29 is 44.3 Å². The van der Waals surface area contributed by atoms with Crippen molar-refractivity contribution in [3.8, 4) is 0 Å². The Kier molecular flexibility index (Phi) is 3.27. The van der Waals surface area contributed by atoms with E-state index >= 15 is 0 Å². The summed E-state index contributed by atoms with van der Waals surface area (Å²) in [6, 6.07) is 0. The minimum Gasteiger partial charge on any atom is -0.337 e. The summed E-state index contributed by atoms with van der Waals surface area (Å²) in [4.78, 5) is 0. The zero-order valence-electron chi connectivity index (χ0n) is 6.81. The maximum atomic E-state index is 12.5. The van der Waals surface area contributed by atoms with Crippen LogP contribution in [0.5, 0.6) is 0 Å². The largest absolute Gasteiger partial charge is 0.459 e. The van der Waals surface area contributed by atoms with E-state index in [1.54, 1.807) is 0 Å². The monoisotopic (exact) mass is 250 g/mol. The van der Waals surface area contributed by atoms with Gasteiger partial charge in [0.15, 0.2) is 0 Å². The minimum atomic E-state index is -6.72. The number of halogens is 9. The molecular formula is C5H3F9O. The molecule has 0 aromatic rings. The topological polar surface area (TPSA) is 9.23 Å². The average Bonchev–Trinajstić information content (AvgIpc) is 1.98. The summed E-state index contributed by atoms with van der Waals surface area (Å²) in [5, 5.41) is 0. The van der Waals surface area contributed by atoms with E-state index in [1.165, 1.54) is 0 Å². The molecule has 0 bridgehead atoms. The van der Waals surface area contributed by atoms with Gasteiger partial charge < -0.3 is 4.74 Å². The Bertz CT molecular complexity index is 228. The fourth-order valence-electron chi connectivity index (χ4n) is 0.604.